The van der Waals surface area contributed by atoms with Crippen molar-refractivity contribution in [3.05, 3.63) is 36.9 Å². The van der Waals surface area contributed by atoms with E-state index in [-0.39, 0.29) is 17.2 Å². The summed E-state index contributed by atoms with van der Waals surface area (Å²) in [7, 11) is -3.49. The van der Waals surface area contributed by atoms with Gasteiger partial charge in [-0.1, -0.05) is 13.0 Å². The van der Waals surface area contributed by atoms with Crippen molar-refractivity contribution in [2.24, 2.45) is 0 Å². The Balaban J connectivity index is 3.06. The highest BCUT2D eigenvalue weighted by Crippen LogP contribution is 2.18. The first-order valence-electron chi connectivity index (χ1n) is 5.42. The Kier molecular flexibility index (Phi) is 4.72. The van der Waals surface area contributed by atoms with Gasteiger partial charge in [-0.05, 0) is 30.7 Å². The van der Waals surface area contributed by atoms with Crippen molar-refractivity contribution in [2.45, 2.75) is 18.2 Å². The molecule has 0 aromatic heterocycles. The van der Waals surface area contributed by atoms with Crippen LogP contribution >= 0.6 is 0 Å². The topological polar surface area (TPSA) is 57.6 Å². The number of phenols is 1. The predicted octanol–water partition coefficient (Wildman–Crippen LogP) is 1.98. The van der Waals surface area contributed by atoms with E-state index < -0.39 is 10.0 Å². The Morgan fingerprint density at radius 1 is 1.35 bits per heavy atom. The zero-order valence-corrected chi connectivity index (χ0v) is 10.7. The van der Waals surface area contributed by atoms with Crippen molar-refractivity contribution in [3.63, 3.8) is 0 Å². The van der Waals surface area contributed by atoms with Crippen LogP contribution in [0.5, 0.6) is 5.75 Å². The van der Waals surface area contributed by atoms with Gasteiger partial charge in [0.15, 0.2) is 0 Å². The molecule has 0 saturated heterocycles. The predicted molar refractivity (Wildman–Crippen MR) is 67.4 cm³/mol. The molecule has 1 rings (SSSR count). The van der Waals surface area contributed by atoms with Gasteiger partial charge in [0.25, 0.3) is 0 Å². The average Bonchev–Trinajstić information content (AvgIpc) is 2.29. The van der Waals surface area contributed by atoms with E-state index in [0.717, 1.165) is 6.42 Å². The van der Waals surface area contributed by atoms with Crippen LogP contribution < -0.4 is 0 Å². The molecular weight excluding hydrogens is 238 g/mol. The number of nitrogens with zero attached hydrogens (tertiary/aromatic N) is 1. The van der Waals surface area contributed by atoms with E-state index >= 15 is 0 Å². The Hall–Kier alpha value is -1.33. The van der Waals surface area contributed by atoms with E-state index in [9.17, 15) is 8.42 Å². The van der Waals surface area contributed by atoms with Gasteiger partial charge in [-0.25, -0.2) is 8.42 Å². The van der Waals surface area contributed by atoms with E-state index in [1.54, 1.807) is 6.08 Å². The zero-order valence-electron chi connectivity index (χ0n) is 9.83. The van der Waals surface area contributed by atoms with Crippen LogP contribution in [0.15, 0.2) is 41.8 Å². The molecule has 94 valence electrons. The van der Waals surface area contributed by atoms with Gasteiger partial charge in [-0.2, -0.15) is 4.31 Å². The summed E-state index contributed by atoms with van der Waals surface area (Å²) < 4.78 is 25.8. The molecule has 1 aromatic carbocycles. The van der Waals surface area contributed by atoms with Crippen molar-refractivity contribution in [3.8, 4) is 5.75 Å². The van der Waals surface area contributed by atoms with Gasteiger partial charge < -0.3 is 5.11 Å². The minimum atomic E-state index is -3.49. The number of phenolic OH excluding ortho intramolecular Hbond substituents is 1. The molecule has 0 bridgehead atoms. The van der Waals surface area contributed by atoms with Crippen LogP contribution in [0.4, 0.5) is 0 Å². The smallest absolute Gasteiger partial charge is 0.243 e. The summed E-state index contributed by atoms with van der Waals surface area (Å²) in [5.41, 5.74) is 0. The third-order valence-electron chi connectivity index (χ3n) is 2.28. The van der Waals surface area contributed by atoms with Crippen LogP contribution in [0.3, 0.4) is 0 Å². The lowest BCUT2D eigenvalue weighted by Gasteiger charge is -2.19. The van der Waals surface area contributed by atoms with Gasteiger partial charge in [0.1, 0.15) is 5.75 Å². The molecule has 1 N–H and O–H groups in total. The van der Waals surface area contributed by atoms with E-state index in [1.807, 2.05) is 6.92 Å². The van der Waals surface area contributed by atoms with Gasteiger partial charge in [-0.3, -0.25) is 0 Å². The Morgan fingerprint density at radius 2 is 1.94 bits per heavy atom. The molecule has 1 aromatic rings. The van der Waals surface area contributed by atoms with E-state index in [1.165, 1.54) is 28.6 Å². The van der Waals surface area contributed by atoms with Gasteiger partial charge in [-0.15, -0.1) is 6.58 Å². The maximum absolute atomic E-state index is 12.2. The lowest BCUT2D eigenvalue weighted by Crippen LogP contribution is -2.31. The minimum Gasteiger partial charge on any atom is -0.508 e. The molecule has 0 aliphatic heterocycles. The van der Waals surface area contributed by atoms with Crippen LogP contribution in [-0.4, -0.2) is 30.9 Å². The van der Waals surface area contributed by atoms with Crippen molar-refractivity contribution in [2.75, 3.05) is 13.1 Å². The maximum Gasteiger partial charge on any atom is 0.243 e. The quantitative estimate of drug-likeness (QED) is 0.791. The van der Waals surface area contributed by atoms with Crippen LogP contribution in [-0.2, 0) is 10.0 Å². The van der Waals surface area contributed by atoms with Crippen LogP contribution in [0.2, 0.25) is 0 Å². The monoisotopic (exact) mass is 255 g/mol. The fraction of sp³-hybridized carbons (Fsp3) is 0.333. The first kappa shape index (κ1) is 13.7. The fourth-order valence-electron chi connectivity index (χ4n) is 1.47. The van der Waals surface area contributed by atoms with Crippen molar-refractivity contribution >= 4 is 10.0 Å². The van der Waals surface area contributed by atoms with Crippen molar-refractivity contribution in [1.29, 1.82) is 0 Å². The second-order valence-electron chi connectivity index (χ2n) is 3.65. The molecule has 0 aliphatic rings. The molecule has 5 heteroatoms. The van der Waals surface area contributed by atoms with Crippen molar-refractivity contribution < 1.29 is 13.5 Å². The average molecular weight is 255 g/mol. The van der Waals surface area contributed by atoms with E-state index in [2.05, 4.69) is 6.58 Å². The molecule has 0 fully saturated rings. The van der Waals surface area contributed by atoms with Crippen LogP contribution in [0.1, 0.15) is 13.3 Å². The second kappa shape index (κ2) is 5.84. The summed E-state index contributed by atoms with van der Waals surface area (Å²) in [5, 5.41) is 9.14. The summed E-state index contributed by atoms with van der Waals surface area (Å²) in [6.07, 6.45) is 2.30. The van der Waals surface area contributed by atoms with E-state index in [4.69, 9.17) is 5.11 Å². The molecule has 0 aliphatic carbocycles. The lowest BCUT2D eigenvalue weighted by atomic mass is 10.3. The lowest BCUT2D eigenvalue weighted by molar-refractivity contribution is 0.441. The molecule has 0 saturated carbocycles. The maximum atomic E-state index is 12.2. The summed E-state index contributed by atoms with van der Waals surface area (Å²) in [5.74, 6) is 0.0507. The van der Waals surface area contributed by atoms with Gasteiger partial charge in [0.05, 0.1) is 4.90 Å². The standard InChI is InChI=1S/C12H17NO3S/c1-3-9-13(10-4-2)17(15,16)12-7-5-11(14)6-8-12/h3,5-8,14H,1,4,9-10H2,2H3. The normalized spacial score (nSPS) is 11.6. The van der Waals surface area contributed by atoms with Crippen LogP contribution in [0, 0.1) is 0 Å². The molecule has 17 heavy (non-hydrogen) atoms. The fourth-order valence-corrected chi connectivity index (χ4v) is 2.97. The summed E-state index contributed by atoms with van der Waals surface area (Å²) >= 11 is 0. The molecule has 0 amide bonds. The first-order valence-corrected chi connectivity index (χ1v) is 6.86. The van der Waals surface area contributed by atoms with Gasteiger partial charge in [0.2, 0.25) is 10.0 Å². The zero-order chi connectivity index (χ0) is 12.9. The summed E-state index contributed by atoms with van der Waals surface area (Å²) in [6.45, 7) is 6.22. The Labute approximate surface area is 102 Å². The minimum absolute atomic E-state index is 0.0507. The molecule has 4 nitrogen and oxygen atoms in total. The largest absolute Gasteiger partial charge is 0.508 e. The first-order chi connectivity index (χ1) is 8.02. The van der Waals surface area contributed by atoms with Gasteiger partial charge in [0, 0.05) is 13.1 Å². The number of rotatable bonds is 6. The van der Waals surface area contributed by atoms with Gasteiger partial charge >= 0.3 is 0 Å². The second-order valence-corrected chi connectivity index (χ2v) is 5.58. The molecule has 0 unspecified atom stereocenters. The molecule has 0 spiro atoms. The van der Waals surface area contributed by atoms with E-state index in [0.29, 0.717) is 6.54 Å². The summed E-state index contributed by atoms with van der Waals surface area (Å²) in [6, 6.07) is 5.53. The molecular formula is C12H17NO3S. The molecule has 0 heterocycles. The Morgan fingerprint density at radius 3 is 2.41 bits per heavy atom. The van der Waals surface area contributed by atoms with Crippen LogP contribution in [0.25, 0.3) is 0 Å². The number of aromatic hydroxyl groups is 1. The SMILES string of the molecule is C=CCN(CCC)S(=O)(=O)c1ccc(O)cc1. The summed E-state index contributed by atoms with van der Waals surface area (Å²) in [4.78, 5) is 0.186. The highest BCUT2D eigenvalue weighted by Gasteiger charge is 2.22. The number of benzene rings is 1. The third-order valence-corrected chi connectivity index (χ3v) is 4.16. The Bertz CT molecular complexity index is 465. The number of hydrogen-bond donors (Lipinski definition) is 1. The molecule has 0 radical (unpaired) electrons. The number of hydrogen-bond acceptors (Lipinski definition) is 3. The highest BCUT2D eigenvalue weighted by atomic mass is 32.2. The molecule has 0 atom stereocenters. The number of sulfonamides is 1. The third kappa shape index (κ3) is 3.31. The highest BCUT2D eigenvalue weighted by molar-refractivity contribution is 7.89. The van der Waals surface area contributed by atoms with Crippen molar-refractivity contribution in [1.82, 2.24) is 4.31 Å².